The van der Waals surface area contributed by atoms with Gasteiger partial charge in [0, 0.05) is 31.3 Å². The summed E-state index contributed by atoms with van der Waals surface area (Å²) < 4.78 is 27.1. The van der Waals surface area contributed by atoms with Crippen LogP contribution in [0.2, 0.25) is 0 Å². The number of nitrogens with zero attached hydrogens (tertiary/aromatic N) is 2. The third-order valence-electron chi connectivity index (χ3n) is 3.57. The van der Waals surface area contributed by atoms with E-state index < -0.39 is 22.2 Å². The van der Waals surface area contributed by atoms with E-state index in [1.165, 1.54) is 0 Å². The lowest BCUT2D eigenvalue weighted by molar-refractivity contribution is -0.386. The fourth-order valence-electron chi connectivity index (χ4n) is 2.39. The van der Waals surface area contributed by atoms with Crippen LogP contribution in [0.4, 0.5) is 20.2 Å². The van der Waals surface area contributed by atoms with Crippen molar-refractivity contribution in [3.05, 3.63) is 33.9 Å². The third-order valence-corrected chi connectivity index (χ3v) is 3.57. The highest BCUT2D eigenvalue weighted by Crippen LogP contribution is 2.37. The van der Waals surface area contributed by atoms with Crippen molar-refractivity contribution >= 4 is 11.4 Å². The summed E-state index contributed by atoms with van der Waals surface area (Å²) >= 11 is 0. The van der Waals surface area contributed by atoms with Gasteiger partial charge in [-0.15, -0.1) is 0 Å². The second-order valence-electron chi connectivity index (χ2n) is 4.87. The van der Waals surface area contributed by atoms with Gasteiger partial charge in [0.1, 0.15) is 11.5 Å². The van der Waals surface area contributed by atoms with Gasteiger partial charge in [0.25, 0.3) is 0 Å². The van der Waals surface area contributed by atoms with Crippen LogP contribution >= 0.6 is 0 Å². The lowest BCUT2D eigenvalue weighted by atomic mass is 9.90. The molecule has 1 fully saturated rings. The van der Waals surface area contributed by atoms with Crippen molar-refractivity contribution in [2.45, 2.75) is 31.7 Å². The Hall–Kier alpha value is -1.76. The van der Waals surface area contributed by atoms with Crippen molar-refractivity contribution in [2.24, 2.45) is 0 Å². The molecule has 20 heavy (non-hydrogen) atoms. The van der Waals surface area contributed by atoms with Crippen molar-refractivity contribution in [2.75, 3.05) is 18.1 Å². The van der Waals surface area contributed by atoms with Gasteiger partial charge in [-0.25, -0.2) is 4.39 Å². The number of nitro groups is 1. The first-order valence-corrected chi connectivity index (χ1v) is 6.55. The first kappa shape index (κ1) is 14.6. The molecule has 1 aromatic carbocycles. The molecule has 1 aromatic rings. The molecule has 0 atom stereocenters. The molecule has 1 N–H and O–H groups in total. The molecular formula is C13H16F2N2O3. The monoisotopic (exact) mass is 286 g/mol. The lowest BCUT2D eigenvalue weighted by Crippen LogP contribution is -2.41. The van der Waals surface area contributed by atoms with Crippen molar-refractivity contribution < 1.29 is 18.8 Å². The molecule has 0 radical (unpaired) electrons. The maximum absolute atomic E-state index is 13.7. The highest BCUT2D eigenvalue weighted by atomic mass is 19.1. The van der Waals surface area contributed by atoms with Gasteiger partial charge in [0.2, 0.25) is 5.82 Å². The molecule has 1 aliphatic rings. The lowest BCUT2D eigenvalue weighted by Gasteiger charge is -2.38. The molecule has 0 aliphatic heterocycles. The molecule has 7 heteroatoms. The molecule has 0 aromatic heterocycles. The van der Waals surface area contributed by atoms with Crippen LogP contribution in [0, 0.1) is 21.7 Å². The fourth-order valence-corrected chi connectivity index (χ4v) is 2.39. The fraction of sp³-hybridized carbons (Fsp3) is 0.538. The average molecular weight is 286 g/mol. The van der Waals surface area contributed by atoms with E-state index in [0.29, 0.717) is 19.0 Å². The summed E-state index contributed by atoms with van der Waals surface area (Å²) in [4.78, 5) is 11.8. The smallest absolute Gasteiger partial charge is 0.328 e. The molecule has 0 saturated heterocycles. The van der Waals surface area contributed by atoms with Crippen LogP contribution in [-0.4, -0.2) is 29.2 Å². The summed E-state index contributed by atoms with van der Waals surface area (Å²) in [5.41, 5.74) is -0.734. The minimum Gasteiger partial charge on any atom is -0.396 e. The largest absolute Gasteiger partial charge is 0.396 e. The zero-order chi connectivity index (χ0) is 14.7. The van der Waals surface area contributed by atoms with E-state index in [1.54, 1.807) is 4.90 Å². The Morgan fingerprint density at radius 1 is 1.40 bits per heavy atom. The van der Waals surface area contributed by atoms with Crippen LogP contribution < -0.4 is 4.90 Å². The molecule has 2 rings (SSSR count). The summed E-state index contributed by atoms with van der Waals surface area (Å²) in [6.45, 7) is 0.264. The van der Waals surface area contributed by atoms with E-state index in [1.807, 2.05) is 0 Å². The van der Waals surface area contributed by atoms with E-state index >= 15 is 0 Å². The van der Waals surface area contributed by atoms with Gasteiger partial charge < -0.3 is 10.0 Å². The average Bonchev–Trinajstić information content (AvgIpc) is 2.30. The maximum Gasteiger partial charge on any atom is 0.328 e. The van der Waals surface area contributed by atoms with Crippen molar-refractivity contribution in [1.29, 1.82) is 0 Å². The predicted molar refractivity (Wildman–Crippen MR) is 69.7 cm³/mol. The number of hydrogen-bond donors (Lipinski definition) is 1. The van der Waals surface area contributed by atoms with Crippen LogP contribution in [0.15, 0.2) is 12.1 Å². The maximum atomic E-state index is 13.7. The number of nitro benzene ring substituents is 1. The van der Waals surface area contributed by atoms with E-state index in [4.69, 9.17) is 5.11 Å². The Morgan fingerprint density at radius 3 is 2.60 bits per heavy atom. The van der Waals surface area contributed by atoms with Crippen LogP contribution in [0.3, 0.4) is 0 Å². The Balaban J connectivity index is 2.42. The molecule has 1 saturated carbocycles. The number of aliphatic hydroxyl groups is 1. The Bertz CT molecular complexity index is 507. The van der Waals surface area contributed by atoms with E-state index in [-0.39, 0.29) is 18.3 Å². The van der Waals surface area contributed by atoms with Gasteiger partial charge in [-0.05, 0) is 25.7 Å². The predicted octanol–water partition coefficient (Wildman–Crippen LogP) is 2.61. The van der Waals surface area contributed by atoms with Crippen LogP contribution in [-0.2, 0) is 0 Å². The quantitative estimate of drug-likeness (QED) is 0.645. The van der Waals surface area contributed by atoms with Crippen LogP contribution in [0.25, 0.3) is 0 Å². The zero-order valence-corrected chi connectivity index (χ0v) is 10.9. The minimum absolute atomic E-state index is 0.0364. The van der Waals surface area contributed by atoms with Crippen molar-refractivity contribution in [1.82, 2.24) is 0 Å². The third kappa shape index (κ3) is 2.87. The van der Waals surface area contributed by atoms with Gasteiger partial charge >= 0.3 is 5.69 Å². The number of aliphatic hydroxyl groups excluding tert-OH is 1. The Labute approximate surface area is 115 Å². The van der Waals surface area contributed by atoms with Crippen molar-refractivity contribution in [3.8, 4) is 0 Å². The number of anilines is 1. The molecule has 0 spiro atoms. The zero-order valence-electron chi connectivity index (χ0n) is 10.9. The van der Waals surface area contributed by atoms with Crippen LogP contribution in [0.1, 0.15) is 25.7 Å². The highest BCUT2D eigenvalue weighted by Gasteiger charge is 2.32. The second-order valence-corrected chi connectivity index (χ2v) is 4.87. The molecule has 0 amide bonds. The van der Waals surface area contributed by atoms with Gasteiger partial charge in [-0.3, -0.25) is 10.1 Å². The number of halogens is 2. The molecule has 1 aliphatic carbocycles. The summed E-state index contributed by atoms with van der Waals surface area (Å²) in [6, 6.07) is 1.56. The highest BCUT2D eigenvalue weighted by molar-refractivity contribution is 5.64. The molecule has 0 bridgehead atoms. The van der Waals surface area contributed by atoms with Gasteiger partial charge in [0.15, 0.2) is 0 Å². The van der Waals surface area contributed by atoms with Gasteiger partial charge in [0.05, 0.1) is 4.92 Å². The molecule has 0 unspecified atom stereocenters. The first-order valence-electron chi connectivity index (χ1n) is 6.55. The topological polar surface area (TPSA) is 66.6 Å². The molecular weight excluding hydrogens is 270 g/mol. The Morgan fingerprint density at radius 2 is 2.10 bits per heavy atom. The van der Waals surface area contributed by atoms with Gasteiger partial charge in [-0.2, -0.15) is 4.39 Å². The SMILES string of the molecule is O=[N+]([O-])c1c(F)cc(F)cc1N(CCCO)C1CCC1. The number of benzene rings is 1. The standard InChI is InChI=1S/C13H16F2N2O3/c14-9-7-11(15)13(17(19)20)12(8-9)16(5-2-6-18)10-3-1-4-10/h7-8,10,18H,1-6H2. The minimum atomic E-state index is -1.17. The normalized spacial score (nSPS) is 14.9. The van der Waals surface area contributed by atoms with E-state index in [9.17, 15) is 18.9 Å². The summed E-state index contributed by atoms with van der Waals surface area (Å²) in [5, 5.41) is 19.9. The molecule has 110 valence electrons. The second kappa shape index (κ2) is 6.13. The summed E-state index contributed by atoms with van der Waals surface area (Å²) in [5.74, 6) is -2.00. The summed E-state index contributed by atoms with van der Waals surface area (Å²) in [7, 11) is 0. The molecule has 5 nitrogen and oxygen atoms in total. The number of rotatable bonds is 6. The van der Waals surface area contributed by atoms with Crippen molar-refractivity contribution in [3.63, 3.8) is 0 Å². The van der Waals surface area contributed by atoms with E-state index in [0.717, 1.165) is 25.3 Å². The Kier molecular flexibility index (Phi) is 4.49. The van der Waals surface area contributed by atoms with Gasteiger partial charge in [-0.1, -0.05) is 0 Å². The van der Waals surface area contributed by atoms with Crippen LogP contribution in [0.5, 0.6) is 0 Å². The summed E-state index contributed by atoms with van der Waals surface area (Å²) in [6.07, 6.45) is 3.05. The first-order chi connectivity index (χ1) is 9.54. The number of hydrogen-bond acceptors (Lipinski definition) is 4. The van der Waals surface area contributed by atoms with E-state index in [2.05, 4.69) is 0 Å². The molecule has 0 heterocycles.